The second-order valence-corrected chi connectivity index (χ2v) is 5.22. The molecule has 0 saturated heterocycles. The standard InChI is InChI=1S/C19H20N2O2/c1-2-3-4-8-11-19(16-9-6-5-7-10-16)20-17-12-14-18(15-13-17)21(22)23/h5-7,9-10,12-15,19-20H,2-4H2,1H3. The Morgan fingerprint density at radius 2 is 1.83 bits per heavy atom. The van der Waals surface area contributed by atoms with Crippen molar-refractivity contribution in [2.75, 3.05) is 5.32 Å². The number of hydrogen-bond donors (Lipinski definition) is 1. The van der Waals surface area contributed by atoms with Crippen LogP contribution in [0.5, 0.6) is 0 Å². The number of benzene rings is 2. The van der Waals surface area contributed by atoms with Gasteiger partial charge in [0.25, 0.3) is 5.69 Å². The Labute approximate surface area is 136 Å². The average Bonchev–Trinajstić information content (AvgIpc) is 2.59. The van der Waals surface area contributed by atoms with Crippen LogP contribution < -0.4 is 5.32 Å². The zero-order valence-electron chi connectivity index (χ0n) is 13.2. The van der Waals surface area contributed by atoms with Crippen LogP contribution >= 0.6 is 0 Å². The van der Waals surface area contributed by atoms with Crippen LogP contribution in [-0.2, 0) is 0 Å². The number of nitro groups is 1. The lowest BCUT2D eigenvalue weighted by atomic mass is 10.1. The van der Waals surface area contributed by atoms with E-state index >= 15 is 0 Å². The Hall–Kier alpha value is -2.80. The van der Waals surface area contributed by atoms with E-state index in [1.54, 1.807) is 12.1 Å². The number of non-ortho nitro benzene ring substituents is 1. The number of nitrogens with one attached hydrogen (secondary N) is 1. The lowest BCUT2D eigenvalue weighted by Gasteiger charge is -2.15. The molecule has 1 unspecified atom stereocenters. The van der Waals surface area contributed by atoms with Crippen molar-refractivity contribution in [3.8, 4) is 11.8 Å². The lowest BCUT2D eigenvalue weighted by Crippen LogP contribution is -2.08. The molecule has 0 radical (unpaired) electrons. The summed E-state index contributed by atoms with van der Waals surface area (Å²) in [5.74, 6) is 6.48. The predicted octanol–water partition coefficient (Wildman–Crippen LogP) is 4.94. The molecule has 2 rings (SSSR count). The highest BCUT2D eigenvalue weighted by Crippen LogP contribution is 2.21. The zero-order chi connectivity index (χ0) is 16.5. The molecule has 0 fully saturated rings. The molecule has 0 aliphatic rings. The molecule has 23 heavy (non-hydrogen) atoms. The monoisotopic (exact) mass is 308 g/mol. The van der Waals surface area contributed by atoms with Crippen molar-refractivity contribution < 1.29 is 4.92 Å². The molecule has 2 aromatic rings. The third kappa shape index (κ3) is 5.15. The van der Waals surface area contributed by atoms with Crippen molar-refractivity contribution in [2.24, 2.45) is 0 Å². The molecule has 2 aromatic carbocycles. The van der Waals surface area contributed by atoms with Crippen molar-refractivity contribution in [3.05, 3.63) is 70.3 Å². The van der Waals surface area contributed by atoms with Crippen molar-refractivity contribution >= 4 is 11.4 Å². The molecule has 0 aliphatic heterocycles. The van der Waals surface area contributed by atoms with Gasteiger partial charge in [0.1, 0.15) is 6.04 Å². The molecule has 4 heteroatoms. The Bertz CT molecular complexity index is 685. The summed E-state index contributed by atoms with van der Waals surface area (Å²) in [6.45, 7) is 2.14. The van der Waals surface area contributed by atoms with Crippen LogP contribution in [0.25, 0.3) is 0 Å². The minimum Gasteiger partial charge on any atom is -0.368 e. The molecule has 4 nitrogen and oxygen atoms in total. The number of hydrogen-bond acceptors (Lipinski definition) is 3. The van der Waals surface area contributed by atoms with Gasteiger partial charge in [-0.3, -0.25) is 10.1 Å². The minimum atomic E-state index is -0.400. The van der Waals surface area contributed by atoms with E-state index in [0.29, 0.717) is 0 Å². The molecule has 0 aliphatic carbocycles. The molecule has 0 aromatic heterocycles. The SMILES string of the molecule is CCCCC#CC(Nc1ccc([N+](=O)[O-])cc1)c1ccccc1. The topological polar surface area (TPSA) is 55.2 Å². The van der Waals surface area contributed by atoms with Crippen molar-refractivity contribution in [2.45, 2.75) is 32.2 Å². The maximum absolute atomic E-state index is 10.7. The van der Waals surface area contributed by atoms with E-state index in [1.807, 2.05) is 30.3 Å². The van der Waals surface area contributed by atoms with Gasteiger partial charge in [-0.25, -0.2) is 0 Å². The van der Waals surface area contributed by atoms with Gasteiger partial charge in [0.15, 0.2) is 0 Å². The van der Waals surface area contributed by atoms with Crippen LogP contribution in [0.3, 0.4) is 0 Å². The highest BCUT2D eigenvalue weighted by molar-refractivity contribution is 5.51. The van der Waals surface area contributed by atoms with Gasteiger partial charge in [0, 0.05) is 24.2 Å². The van der Waals surface area contributed by atoms with Gasteiger partial charge in [0.2, 0.25) is 0 Å². The highest BCUT2D eigenvalue weighted by atomic mass is 16.6. The van der Waals surface area contributed by atoms with Crippen LogP contribution in [0.2, 0.25) is 0 Å². The molecular formula is C19H20N2O2. The number of nitrogens with zero attached hydrogens (tertiary/aromatic N) is 1. The summed E-state index contributed by atoms with van der Waals surface area (Å²) < 4.78 is 0. The Kier molecular flexibility index (Phi) is 6.19. The summed E-state index contributed by atoms with van der Waals surface area (Å²) in [5, 5.41) is 14.1. The molecule has 0 heterocycles. The fraction of sp³-hybridized carbons (Fsp3) is 0.263. The number of nitro benzene ring substituents is 1. The first-order valence-electron chi connectivity index (χ1n) is 7.75. The lowest BCUT2D eigenvalue weighted by molar-refractivity contribution is -0.384. The zero-order valence-corrected chi connectivity index (χ0v) is 13.2. The van der Waals surface area contributed by atoms with Crippen LogP contribution in [0.1, 0.15) is 37.8 Å². The van der Waals surface area contributed by atoms with Gasteiger partial charge >= 0.3 is 0 Å². The van der Waals surface area contributed by atoms with E-state index in [4.69, 9.17) is 0 Å². The van der Waals surface area contributed by atoms with Crippen molar-refractivity contribution in [3.63, 3.8) is 0 Å². The summed E-state index contributed by atoms with van der Waals surface area (Å²) in [4.78, 5) is 10.3. The summed E-state index contributed by atoms with van der Waals surface area (Å²) in [6, 6.07) is 16.3. The molecule has 0 spiro atoms. The van der Waals surface area contributed by atoms with Crippen molar-refractivity contribution in [1.82, 2.24) is 0 Å². The van der Waals surface area contributed by atoms with E-state index in [-0.39, 0.29) is 11.7 Å². The molecule has 0 bridgehead atoms. The smallest absolute Gasteiger partial charge is 0.269 e. The van der Waals surface area contributed by atoms with E-state index in [9.17, 15) is 10.1 Å². The summed E-state index contributed by atoms with van der Waals surface area (Å²) in [6.07, 6.45) is 3.09. The molecule has 0 saturated carbocycles. The third-order valence-electron chi connectivity index (χ3n) is 3.42. The summed E-state index contributed by atoms with van der Waals surface area (Å²) in [7, 11) is 0. The number of rotatable bonds is 6. The normalized spacial score (nSPS) is 11.2. The van der Waals surface area contributed by atoms with Crippen LogP contribution in [-0.4, -0.2) is 4.92 Å². The molecule has 118 valence electrons. The van der Waals surface area contributed by atoms with Gasteiger partial charge in [-0.15, -0.1) is 5.92 Å². The maximum atomic E-state index is 10.7. The van der Waals surface area contributed by atoms with Gasteiger partial charge in [-0.1, -0.05) is 49.6 Å². The van der Waals surface area contributed by atoms with Crippen LogP contribution in [0.4, 0.5) is 11.4 Å². The van der Waals surface area contributed by atoms with Gasteiger partial charge < -0.3 is 5.32 Å². The first-order valence-corrected chi connectivity index (χ1v) is 7.75. The van der Waals surface area contributed by atoms with Crippen LogP contribution in [0, 0.1) is 22.0 Å². The minimum absolute atomic E-state index is 0.0841. The Morgan fingerprint density at radius 1 is 1.13 bits per heavy atom. The predicted molar refractivity (Wildman–Crippen MR) is 93.2 cm³/mol. The second kappa shape index (κ2) is 8.60. The Morgan fingerprint density at radius 3 is 2.43 bits per heavy atom. The van der Waals surface area contributed by atoms with Gasteiger partial charge in [-0.05, 0) is 24.1 Å². The van der Waals surface area contributed by atoms with Crippen LogP contribution in [0.15, 0.2) is 54.6 Å². The largest absolute Gasteiger partial charge is 0.368 e. The fourth-order valence-electron chi connectivity index (χ4n) is 2.13. The fourth-order valence-corrected chi connectivity index (χ4v) is 2.13. The quantitative estimate of drug-likeness (QED) is 0.356. The average molecular weight is 308 g/mol. The Balaban J connectivity index is 2.16. The van der Waals surface area contributed by atoms with E-state index < -0.39 is 4.92 Å². The molecule has 1 N–H and O–H groups in total. The second-order valence-electron chi connectivity index (χ2n) is 5.22. The molecular weight excluding hydrogens is 288 g/mol. The van der Waals surface area contributed by atoms with E-state index in [2.05, 4.69) is 24.1 Å². The number of unbranched alkanes of at least 4 members (excludes halogenated alkanes) is 2. The first kappa shape index (κ1) is 16.6. The van der Waals surface area contributed by atoms with Gasteiger partial charge in [-0.2, -0.15) is 0 Å². The summed E-state index contributed by atoms with van der Waals surface area (Å²) >= 11 is 0. The number of anilines is 1. The van der Waals surface area contributed by atoms with E-state index in [0.717, 1.165) is 30.5 Å². The highest BCUT2D eigenvalue weighted by Gasteiger charge is 2.09. The molecule has 0 amide bonds. The summed E-state index contributed by atoms with van der Waals surface area (Å²) in [5.41, 5.74) is 1.98. The maximum Gasteiger partial charge on any atom is 0.269 e. The first-order chi connectivity index (χ1) is 11.2. The molecule has 1 atom stereocenters. The third-order valence-corrected chi connectivity index (χ3v) is 3.42. The van der Waals surface area contributed by atoms with Gasteiger partial charge in [0.05, 0.1) is 4.92 Å². The van der Waals surface area contributed by atoms with E-state index in [1.165, 1.54) is 12.1 Å². The van der Waals surface area contributed by atoms with Crippen molar-refractivity contribution in [1.29, 1.82) is 0 Å².